The standard InChI is InChI=1S/C18H16ClN5O3/c1-26-13-8-4-5-9-14(13)27-18-15(20)16(21-10-22-18)23-24-17(25)11-6-2-3-7-12(11)19/h2-10H,20H2,1H3,(H,24,25)(H,21,22,23). The van der Waals surface area contributed by atoms with Gasteiger partial charge in [0, 0.05) is 0 Å². The molecule has 0 atom stereocenters. The van der Waals surface area contributed by atoms with Crippen LogP contribution in [-0.4, -0.2) is 23.0 Å². The first-order valence-electron chi connectivity index (χ1n) is 7.82. The molecule has 8 nitrogen and oxygen atoms in total. The van der Waals surface area contributed by atoms with Crippen molar-refractivity contribution in [3.05, 3.63) is 65.4 Å². The lowest BCUT2D eigenvalue weighted by Crippen LogP contribution is -2.30. The lowest BCUT2D eigenvalue weighted by atomic mass is 10.2. The molecule has 9 heteroatoms. The maximum absolute atomic E-state index is 12.2. The molecule has 0 unspecified atom stereocenters. The third-order valence-corrected chi connectivity index (χ3v) is 3.87. The van der Waals surface area contributed by atoms with E-state index < -0.39 is 5.91 Å². The number of para-hydroxylation sites is 2. The van der Waals surface area contributed by atoms with E-state index in [1.165, 1.54) is 13.4 Å². The van der Waals surface area contributed by atoms with E-state index in [9.17, 15) is 4.79 Å². The number of nitrogens with zero attached hydrogens (tertiary/aromatic N) is 2. The molecular weight excluding hydrogens is 370 g/mol. The monoisotopic (exact) mass is 385 g/mol. The van der Waals surface area contributed by atoms with Gasteiger partial charge in [-0.15, -0.1) is 0 Å². The van der Waals surface area contributed by atoms with Crippen LogP contribution in [0.15, 0.2) is 54.9 Å². The molecule has 3 aromatic rings. The van der Waals surface area contributed by atoms with Crippen molar-refractivity contribution in [1.82, 2.24) is 15.4 Å². The highest BCUT2D eigenvalue weighted by molar-refractivity contribution is 6.33. The summed E-state index contributed by atoms with van der Waals surface area (Å²) in [4.78, 5) is 20.2. The first-order chi connectivity index (χ1) is 13.1. The average molecular weight is 386 g/mol. The second-order valence-electron chi connectivity index (χ2n) is 5.25. The van der Waals surface area contributed by atoms with Crippen molar-refractivity contribution in [2.24, 2.45) is 0 Å². The average Bonchev–Trinajstić information content (AvgIpc) is 2.69. The van der Waals surface area contributed by atoms with Crippen molar-refractivity contribution in [2.45, 2.75) is 0 Å². The number of carbonyl (C=O) groups is 1. The van der Waals surface area contributed by atoms with Crippen LogP contribution in [0.2, 0.25) is 5.02 Å². The first-order valence-corrected chi connectivity index (χ1v) is 8.20. The number of aromatic nitrogens is 2. The first kappa shape index (κ1) is 18.3. The molecule has 0 spiro atoms. The topological polar surface area (TPSA) is 111 Å². The van der Waals surface area contributed by atoms with Gasteiger partial charge in [0.2, 0.25) is 5.88 Å². The molecule has 0 fully saturated rings. The van der Waals surface area contributed by atoms with Crippen molar-refractivity contribution >= 4 is 29.0 Å². The van der Waals surface area contributed by atoms with Gasteiger partial charge in [-0.05, 0) is 24.3 Å². The fourth-order valence-corrected chi connectivity index (χ4v) is 2.42. The van der Waals surface area contributed by atoms with Crippen LogP contribution in [0.5, 0.6) is 17.4 Å². The van der Waals surface area contributed by atoms with Gasteiger partial charge in [-0.3, -0.25) is 15.6 Å². The molecule has 3 rings (SSSR count). The Morgan fingerprint density at radius 2 is 1.78 bits per heavy atom. The number of halogens is 1. The highest BCUT2D eigenvalue weighted by atomic mass is 35.5. The number of hydrogen-bond donors (Lipinski definition) is 3. The number of carbonyl (C=O) groups excluding carboxylic acids is 1. The number of hydrazine groups is 1. The zero-order valence-electron chi connectivity index (χ0n) is 14.3. The number of benzene rings is 2. The lowest BCUT2D eigenvalue weighted by molar-refractivity contribution is 0.0962. The van der Waals surface area contributed by atoms with E-state index in [4.69, 9.17) is 26.8 Å². The van der Waals surface area contributed by atoms with Crippen LogP contribution >= 0.6 is 11.6 Å². The smallest absolute Gasteiger partial charge is 0.271 e. The molecule has 27 heavy (non-hydrogen) atoms. The van der Waals surface area contributed by atoms with Crippen LogP contribution < -0.4 is 26.1 Å². The number of amides is 1. The molecule has 1 aromatic heterocycles. The quantitative estimate of drug-likeness (QED) is 0.558. The molecule has 0 bridgehead atoms. The van der Waals surface area contributed by atoms with E-state index in [1.807, 2.05) is 6.07 Å². The second-order valence-corrected chi connectivity index (χ2v) is 5.66. The molecular formula is C18H16ClN5O3. The van der Waals surface area contributed by atoms with E-state index >= 15 is 0 Å². The predicted molar refractivity (Wildman–Crippen MR) is 102 cm³/mol. The summed E-state index contributed by atoms with van der Waals surface area (Å²) < 4.78 is 10.9. The third kappa shape index (κ3) is 4.18. The van der Waals surface area contributed by atoms with Gasteiger partial charge in [0.25, 0.3) is 5.91 Å². The summed E-state index contributed by atoms with van der Waals surface area (Å²) in [5, 5.41) is 0.327. The number of nitrogens with two attached hydrogens (primary N) is 1. The van der Waals surface area contributed by atoms with Crippen molar-refractivity contribution < 1.29 is 14.3 Å². The van der Waals surface area contributed by atoms with Gasteiger partial charge in [-0.25, -0.2) is 4.98 Å². The minimum Gasteiger partial charge on any atom is -0.493 e. The molecule has 0 aliphatic rings. The Morgan fingerprint density at radius 1 is 1.07 bits per heavy atom. The lowest BCUT2D eigenvalue weighted by Gasteiger charge is -2.14. The summed E-state index contributed by atoms with van der Waals surface area (Å²) in [7, 11) is 1.53. The van der Waals surface area contributed by atoms with Gasteiger partial charge in [0.05, 0.1) is 17.7 Å². The summed E-state index contributed by atoms with van der Waals surface area (Å²) in [5.41, 5.74) is 11.6. The van der Waals surface area contributed by atoms with Crippen molar-refractivity contribution in [1.29, 1.82) is 0 Å². The number of nitrogens with one attached hydrogen (secondary N) is 2. The summed E-state index contributed by atoms with van der Waals surface area (Å²) >= 11 is 6.01. The van der Waals surface area contributed by atoms with Gasteiger partial charge in [-0.2, -0.15) is 4.98 Å². The summed E-state index contributed by atoms with van der Waals surface area (Å²) in [6.45, 7) is 0. The number of nitrogen functional groups attached to an aromatic ring is 1. The molecule has 0 saturated carbocycles. The van der Waals surface area contributed by atoms with Crippen LogP contribution in [0.25, 0.3) is 0 Å². The number of anilines is 2. The van der Waals surface area contributed by atoms with Gasteiger partial charge >= 0.3 is 0 Å². The second kappa shape index (κ2) is 8.24. The predicted octanol–water partition coefficient (Wildman–Crippen LogP) is 3.27. The molecule has 1 amide bonds. The fourth-order valence-electron chi connectivity index (χ4n) is 2.20. The van der Waals surface area contributed by atoms with Gasteiger partial charge in [0.15, 0.2) is 17.3 Å². The van der Waals surface area contributed by atoms with E-state index in [0.717, 1.165) is 0 Å². The van der Waals surface area contributed by atoms with Crippen molar-refractivity contribution in [3.8, 4) is 17.4 Å². The Labute approximate surface area is 160 Å². The SMILES string of the molecule is COc1ccccc1Oc1ncnc(NNC(=O)c2ccccc2Cl)c1N. The minimum absolute atomic E-state index is 0.114. The van der Waals surface area contributed by atoms with Crippen LogP contribution in [0.4, 0.5) is 11.5 Å². The van der Waals surface area contributed by atoms with Crippen LogP contribution in [-0.2, 0) is 0 Å². The van der Waals surface area contributed by atoms with E-state index in [-0.39, 0.29) is 17.4 Å². The normalized spacial score (nSPS) is 10.1. The van der Waals surface area contributed by atoms with Gasteiger partial charge < -0.3 is 15.2 Å². The number of methoxy groups -OCH3 is 1. The van der Waals surface area contributed by atoms with E-state index in [1.54, 1.807) is 42.5 Å². The molecule has 2 aromatic carbocycles. The maximum Gasteiger partial charge on any atom is 0.271 e. The zero-order valence-corrected chi connectivity index (χ0v) is 15.0. The highest BCUT2D eigenvalue weighted by Crippen LogP contribution is 2.34. The van der Waals surface area contributed by atoms with Crippen LogP contribution in [0.1, 0.15) is 10.4 Å². The Morgan fingerprint density at radius 3 is 2.52 bits per heavy atom. The molecule has 0 radical (unpaired) electrons. The Bertz CT molecular complexity index is 967. The van der Waals surface area contributed by atoms with Gasteiger partial charge in [0.1, 0.15) is 12.0 Å². The molecule has 138 valence electrons. The summed E-state index contributed by atoms with van der Waals surface area (Å²) in [6.07, 6.45) is 1.26. The van der Waals surface area contributed by atoms with Crippen LogP contribution in [0.3, 0.4) is 0 Å². The molecule has 4 N–H and O–H groups in total. The summed E-state index contributed by atoms with van der Waals surface area (Å²) in [5.74, 6) is 0.818. The summed E-state index contributed by atoms with van der Waals surface area (Å²) in [6, 6.07) is 13.7. The Balaban J connectivity index is 1.75. The Kier molecular flexibility index (Phi) is 5.58. The molecule has 1 heterocycles. The Hall–Kier alpha value is -3.52. The number of ether oxygens (including phenoxy) is 2. The number of rotatable bonds is 6. The number of hydrogen-bond acceptors (Lipinski definition) is 7. The van der Waals surface area contributed by atoms with E-state index in [2.05, 4.69) is 20.8 Å². The fraction of sp³-hybridized carbons (Fsp3) is 0.0556. The van der Waals surface area contributed by atoms with E-state index in [0.29, 0.717) is 22.1 Å². The van der Waals surface area contributed by atoms with Crippen molar-refractivity contribution in [3.63, 3.8) is 0 Å². The third-order valence-electron chi connectivity index (χ3n) is 3.54. The molecule has 0 aliphatic heterocycles. The maximum atomic E-state index is 12.2. The zero-order chi connectivity index (χ0) is 19.2. The van der Waals surface area contributed by atoms with Crippen LogP contribution in [0, 0.1) is 0 Å². The molecule has 0 saturated heterocycles. The highest BCUT2D eigenvalue weighted by Gasteiger charge is 2.14. The largest absolute Gasteiger partial charge is 0.493 e. The van der Waals surface area contributed by atoms with Crippen molar-refractivity contribution in [2.75, 3.05) is 18.3 Å². The minimum atomic E-state index is -0.439. The molecule has 0 aliphatic carbocycles. The van der Waals surface area contributed by atoms with Gasteiger partial charge in [-0.1, -0.05) is 35.9 Å².